The van der Waals surface area contributed by atoms with Crippen LogP contribution in [0, 0.1) is 31.1 Å². The number of ether oxygens (including phenoxy) is 1. The number of nitriles is 1. The highest BCUT2D eigenvalue weighted by Gasteiger charge is 2.44. The Morgan fingerprint density at radius 2 is 1.88 bits per heavy atom. The van der Waals surface area contributed by atoms with E-state index in [1.165, 1.54) is 7.11 Å². The van der Waals surface area contributed by atoms with Crippen molar-refractivity contribution < 1.29 is 19.1 Å². The average molecular weight is 450 g/mol. The molecule has 8 heteroatoms. The molecule has 0 fully saturated rings. The zero-order valence-electron chi connectivity index (χ0n) is 18.0. The molecule has 164 valence electrons. The third-order valence-corrected chi connectivity index (χ3v) is 6.30. The van der Waals surface area contributed by atoms with Crippen molar-refractivity contribution in [2.45, 2.75) is 19.8 Å². The number of allylic oxidation sites excluding steroid dienone is 1. The summed E-state index contributed by atoms with van der Waals surface area (Å²) in [6, 6.07) is 16.6. The molecule has 1 heterocycles. The minimum atomic E-state index is -1.19. The highest BCUT2D eigenvalue weighted by molar-refractivity contribution is 8.03. The number of carbonyl (C=O) groups is 3. The quantitative estimate of drug-likeness (QED) is 0.517. The van der Waals surface area contributed by atoms with Gasteiger partial charge in [0.15, 0.2) is 0 Å². The van der Waals surface area contributed by atoms with E-state index in [0.717, 1.165) is 22.9 Å². The van der Waals surface area contributed by atoms with Gasteiger partial charge in [0.25, 0.3) is 0 Å². The van der Waals surface area contributed by atoms with Crippen molar-refractivity contribution >= 4 is 35.2 Å². The van der Waals surface area contributed by atoms with E-state index in [0.29, 0.717) is 11.3 Å². The summed E-state index contributed by atoms with van der Waals surface area (Å²) in [5.74, 6) is -3.57. The molecule has 2 aromatic carbocycles. The molecule has 1 aliphatic rings. The number of methoxy groups -OCH3 is 1. The number of hydrogen-bond acceptors (Lipinski definition) is 6. The third kappa shape index (κ3) is 5.01. The first kappa shape index (κ1) is 23.1. The molecule has 0 aromatic heterocycles. The monoisotopic (exact) mass is 449 g/mol. The zero-order valence-corrected chi connectivity index (χ0v) is 18.8. The highest BCUT2D eigenvalue weighted by atomic mass is 32.2. The molecule has 0 spiro atoms. The van der Waals surface area contributed by atoms with E-state index in [-0.39, 0.29) is 22.3 Å². The lowest BCUT2D eigenvalue weighted by Crippen LogP contribution is -2.44. The van der Waals surface area contributed by atoms with Crippen LogP contribution in [-0.2, 0) is 19.1 Å². The number of anilines is 1. The molecule has 0 aliphatic carbocycles. The third-order valence-electron chi connectivity index (χ3n) is 5.28. The van der Waals surface area contributed by atoms with Gasteiger partial charge in [0, 0.05) is 11.6 Å². The first-order valence-electron chi connectivity index (χ1n) is 9.93. The summed E-state index contributed by atoms with van der Waals surface area (Å²) in [5.41, 5.74) is 3.72. The second-order valence-corrected chi connectivity index (χ2v) is 8.35. The standard InChI is InChI=1S/C24H23N3O4S/c1-14-9-10-17(11-15(14)2)26-19(28)13-32-23-18(12-25)20(16-7-5-4-6-8-16)21(22(29)27-23)24(30)31-3/h4-11,20-21H,13H2,1-3H3,(H,26,28)(H,27,29)/t20-,21+/m0/s1. The Morgan fingerprint density at radius 3 is 2.50 bits per heavy atom. The van der Waals surface area contributed by atoms with E-state index in [1.54, 1.807) is 24.3 Å². The van der Waals surface area contributed by atoms with Crippen molar-refractivity contribution in [3.05, 3.63) is 75.8 Å². The summed E-state index contributed by atoms with van der Waals surface area (Å²) in [6.45, 7) is 3.95. The largest absolute Gasteiger partial charge is 0.468 e. The van der Waals surface area contributed by atoms with Gasteiger partial charge in [0.1, 0.15) is 5.92 Å². The van der Waals surface area contributed by atoms with E-state index in [1.807, 2.05) is 38.1 Å². The summed E-state index contributed by atoms with van der Waals surface area (Å²) >= 11 is 1.05. The Balaban J connectivity index is 1.85. The van der Waals surface area contributed by atoms with E-state index < -0.39 is 23.7 Å². The molecule has 2 amide bonds. The number of aryl methyl sites for hydroxylation is 2. The summed E-state index contributed by atoms with van der Waals surface area (Å²) in [6.07, 6.45) is 0. The van der Waals surface area contributed by atoms with Crippen molar-refractivity contribution in [2.75, 3.05) is 18.2 Å². The second-order valence-electron chi connectivity index (χ2n) is 7.37. The van der Waals surface area contributed by atoms with Gasteiger partial charge in [0.05, 0.1) is 29.5 Å². The van der Waals surface area contributed by atoms with Crippen LogP contribution in [0.25, 0.3) is 0 Å². The molecule has 3 rings (SSSR count). The summed E-state index contributed by atoms with van der Waals surface area (Å²) in [5, 5.41) is 15.6. The van der Waals surface area contributed by atoms with Gasteiger partial charge in [0.2, 0.25) is 11.8 Å². The highest BCUT2D eigenvalue weighted by Crippen LogP contribution is 2.40. The van der Waals surface area contributed by atoms with Crippen molar-refractivity contribution in [3.63, 3.8) is 0 Å². The number of carbonyl (C=O) groups excluding carboxylic acids is 3. The molecule has 7 nitrogen and oxygen atoms in total. The van der Waals surface area contributed by atoms with Crippen LogP contribution in [0.15, 0.2) is 59.1 Å². The molecule has 2 aromatic rings. The van der Waals surface area contributed by atoms with Crippen LogP contribution in [0.1, 0.15) is 22.6 Å². The SMILES string of the molecule is COC(=O)[C@H]1C(=O)NC(SCC(=O)Nc2ccc(C)c(C)c2)=C(C#N)[C@@H]1c1ccccc1. The normalized spacial score (nSPS) is 17.9. The van der Waals surface area contributed by atoms with Crippen LogP contribution in [-0.4, -0.2) is 30.6 Å². The van der Waals surface area contributed by atoms with Gasteiger partial charge in [-0.15, -0.1) is 0 Å². The number of hydrogen-bond donors (Lipinski definition) is 2. The number of rotatable bonds is 6. The maximum absolute atomic E-state index is 12.8. The maximum Gasteiger partial charge on any atom is 0.319 e. The first-order chi connectivity index (χ1) is 15.3. The fraction of sp³-hybridized carbons (Fsp3) is 0.250. The molecule has 2 atom stereocenters. The molecule has 0 saturated heterocycles. The lowest BCUT2D eigenvalue weighted by atomic mass is 9.78. The molecule has 1 aliphatic heterocycles. The fourth-order valence-electron chi connectivity index (χ4n) is 3.49. The minimum absolute atomic E-state index is 0.0158. The Labute approximate surface area is 190 Å². The number of nitrogens with zero attached hydrogens (tertiary/aromatic N) is 1. The van der Waals surface area contributed by atoms with E-state index in [2.05, 4.69) is 16.7 Å². The van der Waals surface area contributed by atoms with Gasteiger partial charge in [-0.05, 0) is 42.7 Å². The Morgan fingerprint density at radius 1 is 1.16 bits per heavy atom. The summed E-state index contributed by atoms with van der Waals surface area (Å²) in [7, 11) is 1.20. The van der Waals surface area contributed by atoms with E-state index >= 15 is 0 Å². The summed E-state index contributed by atoms with van der Waals surface area (Å²) < 4.78 is 4.82. The Bertz CT molecular complexity index is 1120. The number of thioether (sulfide) groups is 1. The minimum Gasteiger partial charge on any atom is -0.468 e. The predicted molar refractivity (Wildman–Crippen MR) is 122 cm³/mol. The van der Waals surface area contributed by atoms with Gasteiger partial charge in [-0.1, -0.05) is 48.2 Å². The molecule has 32 heavy (non-hydrogen) atoms. The number of amides is 2. The summed E-state index contributed by atoms with van der Waals surface area (Å²) in [4.78, 5) is 37.6. The van der Waals surface area contributed by atoms with Crippen LogP contribution in [0.3, 0.4) is 0 Å². The van der Waals surface area contributed by atoms with Crippen molar-refractivity contribution in [1.82, 2.24) is 5.32 Å². The van der Waals surface area contributed by atoms with E-state index in [4.69, 9.17) is 4.74 Å². The number of esters is 1. The Hall–Kier alpha value is -3.57. The molecular formula is C24H23N3O4S. The zero-order chi connectivity index (χ0) is 23.3. The van der Waals surface area contributed by atoms with Gasteiger partial charge >= 0.3 is 5.97 Å². The van der Waals surface area contributed by atoms with Crippen molar-refractivity contribution in [2.24, 2.45) is 5.92 Å². The van der Waals surface area contributed by atoms with Crippen LogP contribution >= 0.6 is 11.8 Å². The topological polar surface area (TPSA) is 108 Å². The molecule has 0 bridgehead atoms. The van der Waals surface area contributed by atoms with Gasteiger partial charge in [-0.3, -0.25) is 14.4 Å². The van der Waals surface area contributed by atoms with Crippen molar-refractivity contribution in [3.8, 4) is 6.07 Å². The lowest BCUT2D eigenvalue weighted by molar-refractivity contribution is -0.150. The molecule has 0 radical (unpaired) electrons. The van der Waals surface area contributed by atoms with Crippen LogP contribution in [0.5, 0.6) is 0 Å². The molecule has 0 saturated carbocycles. The molecule has 0 unspecified atom stereocenters. The molecular weight excluding hydrogens is 426 g/mol. The second kappa shape index (κ2) is 10.2. The maximum atomic E-state index is 12.8. The fourth-order valence-corrected chi connectivity index (χ4v) is 4.34. The Kier molecular flexibility index (Phi) is 7.33. The van der Waals surface area contributed by atoms with Gasteiger partial charge in [-0.2, -0.15) is 5.26 Å². The van der Waals surface area contributed by atoms with Crippen LogP contribution in [0.4, 0.5) is 5.69 Å². The van der Waals surface area contributed by atoms with Crippen LogP contribution < -0.4 is 10.6 Å². The predicted octanol–water partition coefficient (Wildman–Crippen LogP) is 3.41. The lowest BCUT2D eigenvalue weighted by Gasteiger charge is -2.30. The number of nitrogens with one attached hydrogen (secondary N) is 2. The van der Waals surface area contributed by atoms with Gasteiger partial charge < -0.3 is 15.4 Å². The van der Waals surface area contributed by atoms with Crippen LogP contribution in [0.2, 0.25) is 0 Å². The van der Waals surface area contributed by atoms with Gasteiger partial charge in [-0.25, -0.2) is 0 Å². The van der Waals surface area contributed by atoms with E-state index in [9.17, 15) is 19.6 Å². The first-order valence-corrected chi connectivity index (χ1v) is 10.9. The number of benzene rings is 2. The smallest absolute Gasteiger partial charge is 0.319 e. The average Bonchev–Trinajstić information content (AvgIpc) is 2.79. The molecule has 2 N–H and O–H groups in total. The van der Waals surface area contributed by atoms with Crippen molar-refractivity contribution in [1.29, 1.82) is 5.26 Å².